The van der Waals surface area contributed by atoms with Crippen LogP contribution in [0.3, 0.4) is 0 Å². The summed E-state index contributed by atoms with van der Waals surface area (Å²) >= 11 is 5.95. The number of aromatic nitrogens is 1. The van der Waals surface area contributed by atoms with Gasteiger partial charge in [-0.2, -0.15) is 0 Å². The highest BCUT2D eigenvalue weighted by atomic mass is 35.5. The summed E-state index contributed by atoms with van der Waals surface area (Å²) in [5.41, 5.74) is 4.93. The van der Waals surface area contributed by atoms with Gasteiger partial charge in [0.25, 0.3) is 11.5 Å². The number of nitrogens with zero attached hydrogens (tertiary/aromatic N) is 1. The number of carbonyl (C=O) groups excluding carboxylic acids is 2. The Bertz CT molecular complexity index is 887. The highest BCUT2D eigenvalue weighted by Crippen LogP contribution is 2.21. The molecule has 1 aromatic heterocycles. The van der Waals surface area contributed by atoms with Crippen LogP contribution in [0.5, 0.6) is 0 Å². The van der Waals surface area contributed by atoms with E-state index in [1.54, 1.807) is 7.11 Å². The fraction of sp³-hybridized carbons (Fsp3) is 0.708. The summed E-state index contributed by atoms with van der Waals surface area (Å²) in [4.78, 5) is 41.4. The molecule has 1 saturated heterocycles. The lowest BCUT2D eigenvalue weighted by Crippen LogP contribution is -2.55. The Hall–Kier alpha value is -2.10. The molecule has 9 nitrogen and oxygen atoms in total. The summed E-state index contributed by atoms with van der Waals surface area (Å²) in [6.45, 7) is 2.41. The van der Waals surface area contributed by atoms with E-state index in [0.29, 0.717) is 19.4 Å². The van der Waals surface area contributed by atoms with Crippen LogP contribution in [0.4, 0.5) is 5.82 Å². The highest BCUT2D eigenvalue weighted by Gasteiger charge is 2.31. The molecule has 2 fully saturated rings. The number of nitrogens with one attached hydrogen (secondary N) is 2. The second kappa shape index (κ2) is 13.1. The molecular weight excluding hydrogens is 460 g/mol. The quantitative estimate of drug-likeness (QED) is 0.335. The van der Waals surface area contributed by atoms with Crippen LogP contribution in [0.15, 0.2) is 10.9 Å². The van der Waals surface area contributed by atoms with E-state index in [4.69, 9.17) is 26.8 Å². The predicted octanol–water partition coefficient (Wildman–Crippen LogP) is 2.87. The molecule has 34 heavy (non-hydrogen) atoms. The Balaban J connectivity index is 1.36. The Morgan fingerprint density at radius 2 is 1.97 bits per heavy atom. The third-order valence-corrected chi connectivity index (χ3v) is 7.05. The molecule has 0 aromatic carbocycles. The summed E-state index contributed by atoms with van der Waals surface area (Å²) in [6.07, 6.45) is 9.51. The molecule has 0 bridgehead atoms. The number of pyridine rings is 1. The van der Waals surface area contributed by atoms with Crippen molar-refractivity contribution in [1.82, 2.24) is 15.2 Å². The molecule has 1 aliphatic carbocycles. The highest BCUT2D eigenvalue weighted by molar-refractivity contribution is 6.33. The maximum Gasteiger partial charge on any atom is 0.306 e. The van der Waals surface area contributed by atoms with Crippen molar-refractivity contribution in [2.75, 3.05) is 32.5 Å². The molecule has 2 atom stereocenters. The summed E-state index contributed by atoms with van der Waals surface area (Å²) < 4.78 is 11.2. The Morgan fingerprint density at radius 1 is 1.21 bits per heavy atom. The number of H-pyrrole nitrogens is 1. The van der Waals surface area contributed by atoms with Crippen molar-refractivity contribution in [2.24, 2.45) is 0 Å². The Labute approximate surface area is 205 Å². The van der Waals surface area contributed by atoms with Crippen molar-refractivity contribution in [3.05, 3.63) is 27.0 Å². The fourth-order valence-corrected chi connectivity index (χ4v) is 4.89. The lowest BCUT2D eigenvalue weighted by molar-refractivity contribution is -0.150. The van der Waals surface area contributed by atoms with Crippen LogP contribution >= 0.6 is 11.6 Å². The van der Waals surface area contributed by atoms with Gasteiger partial charge in [-0.25, -0.2) is 0 Å². The van der Waals surface area contributed by atoms with Gasteiger partial charge in [-0.05, 0) is 57.6 Å². The van der Waals surface area contributed by atoms with E-state index >= 15 is 0 Å². The number of amides is 1. The third kappa shape index (κ3) is 7.71. The minimum Gasteiger partial charge on any atom is -0.462 e. The molecule has 4 N–H and O–H groups in total. The van der Waals surface area contributed by atoms with Crippen LogP contribution in [0, 0.1) is 0 Å². The van der Waals surface area contributed by atoms with E-state index in [1.165, 1.54) is 12.5 Å². The minimum absolute atomic E-state index is 0.0346. The van der Waals surface area contributed by atoms with E-state index in [-0.39, 0.29) is 40.6 Å². The van der Waals surface area contributed by atoms with Gasteiger partial charge in [0.2, 0.25) is 0 Å². The van der Waals surface area contributed by atoms with Crippen molar-refractivity contribution in [1.29, 1.82) is 0 Å². The first-order valence-electron chi connectivity index (χ1n) is 12.3. The summed E-state index contributed by atoms with van der Waals surface area (Å²) in [5, 5.41) is 3.03. The predicted molar refractivity (Wildman–Crippen MR) is 131 cm³/mol. The van der Waals surface area contributed by atoms with Gasteiger partial charge in [-0.15, -0.1) is 0 Å². The normalized spacial score (nSPS) is 21.8. The first-order valence-corrected chi connectivity index (χ1v) is 12.7. The van der Waals surface area contributed by atoms with Crippen LogP contribution in [0.25, 0.3) is 0 Å². The maximum absolute atomic E-state index is 12.6. The monoisotopic (exact) mass is 496 g/mol. The fourth-order valence-electron chi connectivity index (χ4n) is 4.73. The van der Waals surface area contributed by atoms with Gasteiger partial charge < -0.3 is 30.4 Å². The van der Waals surface area contributed by atoms with Gasteiger partial charge in [0, 0.05) is 26.6 Å². The van der Waals surface area contributed by atoms with E-state index in [2.05, 4.69) is 15.2 Å². The first kappa shape index (κ1) is 26.5. The second-order valence-corrected chi connectivity index (χ2v) is 9.68. The van der Waals surface area contributed by atoms with Gasteiger partial charge in [-0.1, -0.05) is 24.4 Å². The van der Waals surface area contributed by atoms with Gasteiger partial charge in [0.15, 0.2) is 0 Å². The van der Waals surface area contributed by atoms with Crippen LogP contribution in [-0.2, 0) is 14.3 Å². The van der Waals surface area contributed by atoms with E-state index in [1.807, 2.05) is 0 Å². The SMILES string of the molecule is CO[C@H]1CN(CCCCCC(=O)OC2CCCCC2)CC[C@H]1NC(=O)c1cc(Cl)c(N)[nH]c1=O. The van der Waals surface area contributed by atoms with E-state index in [9.17, 15) is 14.4 Å². The maximum atomic E-state index is 12.6. The molecule has 3 rings (SSSR count). The number of nitrogen functional groups attached to an aromatic ring is 1. The number of ether oxygens (including phenoxy) is 2. The van der Waals surface area contributed by atoms with Gasteiger partial charge in [-0.3, -0.25) is 14.4 Å². The molecule has 1 aromatic rings. The largest absolute Gasteiger partial charge is 0.462 e. The van der Waals surface area contributed by atoms with Crippen molar-refractivity contribution in [3.63, 3.8) is 0 Å². The average Bonchev–Trinajstić information content (AvgIpc) is 2.82. The second-order valence-electron chi connectivity index (χ2n) is 9.28. The summed E-state index contributed by atoms with van der Waals surface area (Å²) in [7, 11) is 1.62. The Morgan fingerprint density at radius 3 is 2.71 bits per heavy atom. The number of likely N-dealkylation sites (tertiary alicyclic amines) is 1. The zero-order valence-corrected chi connectivity index (χ0v) is 20.7. The number of halogens is 1. The van der Waals surface area contributed by atoms with Crippen molar-refractivity contribution < 1.29 is 19.1 Å². The topological polar surface area (TPSA) is 127 Å². The molecule has 10 heteroatoms. The number of esters is 1. The lowest BCUT2D eigenvalue weighted by Gasteiger charge is -2.38. The number of methoxy groups -OCH3 is 1. The molecule has 0 radical (unpaired) electrons. The summed E-state index contributed by atoms with van der Waals surface area (Å²) in [5.74, 6) is -0.528. The zero-order chi connectivity index (χ0) is 24.5. The third-order valence-electron chi connectivity index (χ3n) is 6.73. The number of hydrogen-bond donors (Lipinski definition) is 3. The number of carbonyl (C=O) groups is 2. The number of hydrogen-bond acceptors (Lipinski definition) is 7. The molecular formula is C24H37ClN4O5. The number of unbranched alkanes of at least 4 members (excludes halogenated alkanes) is 2. The standard InChI is InChI=1S/C24H37ClN4O5/c1-33-20-15-29(12-7-3-6-10-21(30)34-16-8-4-2-5-9-16)13-11-19(20)27-23(31)17-14-18(25)22(26)28-24(17)32/h14,16,19-20H,2-13,15H2,1H3,(H,27,31)(H3,26,28,32)/t19-,20+/m1/s1. The van der Waals surface area contributed by atoms with E-state index < -0.39 is 11.5 Å². The lowest BCUT2D eigenvalue weighted by atomic mass is 9.98. The minimum atomic E-state index is -0.576. The molecule has 190 valence electrons. The van der Waals surface area contributed by atoms with Crippen LogP contribution < -0.4 is 16.6 Å². The van der Waals surface area contributed by atoms with Gasteiger partial charge in [0.05, 0.1) is 17.2 Å². The number of rotatable bonds is 10. The van der Waals surface area contributed by atoms with Crippen LogP contribution in [0.1, 0.15) is 74.6 Å². The number of piperidine rings is 1. The molecule has 1 amide bonds. The number of anilines is 1. The number of aromatic amines is 1. The first-order chi connectivity index (χ1) is 16.4. The van der Waals surface area contributed by atoms with Crippen molar-refractivity contribution >= 4 is 29.3 Å². The Kier molecular flexibility index (Phi) is 10.2. The molecule has 1 aliphatic heterocycles. The molecule has 2 aliphatic rings. The molecule has 0 spiro atoms. The molecule has 2 heterocycles. The van der Waals surface area contributed by atoms with E-state index in [0.717, 1.165) is 58.0 Å². The zero-order valence-electron chi connectivity index (χ0n) is 19.9. The van der Waals surface area contributed by atoms with Crippen LogP contribution in [0.2, 0.25) is 5.02 Å². The molecule has 1 saturated carbocycles. The van der Waals surface area contributed by atoms with Crippen molar-refractivity contribution in [3.8, 4) is 0 Å². The van der Waals surface area contributed by atoms with Gasteiger partial charge >= 0.3 is 5.97 Å². The summed E-state index contributed by atoms with van der Waals surface area (Å²) in [6, 6.07) is 1.08. The number of nitrogens with two attached hydrogens (primary N) is 1. The van der Waals surface area contributed by atoms with Crippen molar-refractivity contribution in [2.45, 2.75) is 82.5 Å². The van der Waals surface area contributed by atoms with Crippen LogP contribution in [-0.4, -0.2) is 66.8 Å². The van der Waals surface area contributed by atoms with Gasteiger partial charge in [0.1, 0.15) is 17.5 Å². The smallest absolute Gasteiger partial charge is 0.306 e. The molecule has 0 unspecified atom stereocenters. The average molecular weight is 497 g/mol.